The Bertz CT molecular complexity index is 361. The number of hydrogen-bond donors (Lipinski definition) is 1. The van der Waals surface area contributed by atoms with Gasteiger partial charge in [-0.25, -0.2) is 0 Å². The number of fused-ring (bicyclic) bond motifs is 1. The van der Waals surface area contributed by atoms with Crippen molar-refractivity contribution in [1.29, 1.82) is 0 Å². The SMILES string of the molecule is Cn1c2c(c(=O)n1C)CCNC2. The topological polar surface area (TPSA) is 39.0 Å². The Morgan fingerprint density at radius 1 is 1.33 bits per heavy atom. The zero-order valence-corrected chi connectivity index (χ0v) is 7.42. The third-order valence-corrected chi connectivity index (χ3v) is 2.59. The van der Waals surface area contributed by atoms with Gasteiger partial charge in [-0.15, -0.1) is 0 Å². The lowest BCUT2D eigenvalue weighted by atomic mass is 10.1. The van der Waals surface area contributed by atoms with Gasteiger partial charge in [-0.2, -0.15) is 0 Å². The first-order valence-corrected chi connectivity index (χ1v) is 4.16. The smallest absolute Gasteiger partial charge is 0.269 e. The third kappa shape index (κ3) is 0.845. The Balaban J connectivity index is 2.68. The van der Waals surface area contributed by atoms with Crippen molar-refractivity contribution in [2.45, 2.75) is 13.0 Å². The summed E-state index contributed by atoms with van der Waals surface area (Å²) in [4.78, 5) is 11.5. The van der Waals surface area contributed by atoms with Crippen LogP contribution in [0.3, 0.4) is 0 Å². The van der Waals surface area contributed by atoms with Crippen LogP contribution in [-0.4, -0.2) is 15.9 Å². The molecule has 0 atom stereocenters. The van der Waals surface area contributed by atoms with Crippen LogP contribution in [0.5, 0.6) is 0 Å². The van der Waals surface area contributed by atoms with Crippen LogP contribution in [0.2, 0.25) is 0 Å². The normalized spacial score (nSPS) is 16.2. The molecule has 1 aliphatic rings. The average Bonchev–Trinajstić information content (AvgIpc) is 2.33. The van der Waals surface area contributed by atoms with Crippen molar-refractivity contribution in [1.82, 2.24) is 14.7 Å². The van der Waals surface area contributed by atoms with Crippen LogP contribution in [0.4, 0.5) is 0 Å². The molecule has 0 bridgehead atoms. The number of rotatable bonds is 0. The van der Waals surface area contributed by atoms with E-state index < -0.39 is 0 Å². The molecule has 0 saturated carbocycles. The highest BCUT2D eigenvalue weighted by molar-refractivity contribution is 5.21. The zero-order chi connectivity index (χ0) is 8.72. The molecule has 0 saturated heterocycles. The molecule has 0 aromatic carbocycles. The second kappa shape index (κ2) is 2.48. The van der Waals surface area contributed by atoms with Crippen LogP contribution < -0.4 is 10.9 Å². The summed E-state index contributed by atoms with van der Waals surface area (Å²) in [6, 6.07) is 0. The van der Waals surface area contributed by atoms with E-state index in [1.165, 1.54) is 0 Å². The van der Waals surface area contributed by atoms with Gasteiger partial charge in [0.15, 0.2) is 0 Å². The van der Waals surface area contributed by atoms with Crippen LogP contribution in [0.25, 0.3) is 0 Å². The number of hydrogen-bond acceptors (Lipinski definition) is 2. The van der Waals surface area contributed by atoms with Crippen LogP contribution in [-0.2, 0) is 27.1 Å². The minimum atomic E-state index is 0.161. The van der Waals surface area contributed by atoms with E-state index in [1.54, 1.807) is 11.7 Å². The van der Waals surface area contributed by atoms with Gasteiger partial charge in [0.25, 0.3) is 5.56 Å². The fraction of sp³-hybridized carbons (Fsp3) is 0.625. The summed E-state index contributed by atoms with van der Waals surface area (Å²) in [7, 11) is 3.73. The van der Waals surface area contributed by atoms with E-state index in [0.717, 1.165) is 30.8 Å². The predicted octanol–water partition coefficient (Wildman–Crippen LogP) is -0.631. The van der Waals surface area contributed by atoms with Crippen LogP contribution in [0, 0.1) is 0 Å². The highest BCUT2D eigenvalue weighted by Gasteiger charge is 2.17. The van der Waals surface area contributed by atoms with E-state index in [1.807, 2.05) is 11.7 Å². The molecule has 0 fully saturated rings. The summed E-state index contributed by atoms with van der Waals surface area (Å²) in [6.45, 7) is 1.74. The maximum absolute atomic E-state index is 11.5. The summed E-state index contributed by atoms with van der Waals surface area (Å²) in [5, 5.41) is 3.25. The van der Waals surface area contributed by atoms with Crippen LogP contribution in [0.15, 0.2) is 4.79 Å². The molecule has 2 rings (SSSR count). The van der Waals surface area contributed by atoms with Gasteiger partial charge in [-0.3, -0.25) is 14.2 Å². The Morgan fingerprint density at radius 2 is 2.08 bits per heavy atom. The molecule has 0 aliphatic carbocycles. The Labute approximate surface area is 70.8 Å². The Hall–Kier alpha value is -1.03. The molecule has 2 heterocycles. The molecule has 0 radical (unpaired) electrons. The largest absolute Gasteiger partial charge is 0.311 e. The van der Waals surface area contributed by atoms with Gasteiger partial charge >= 0.3 is 0 Å². The molecular formula is C8H13N3O. The van der Waals surface area contributed by atoms with E-state index >= 15 is 0 Å². The van der Waals surface area contributed by atoms with Crippen molar-refractivity contribution in [2.75, 3.05) is 6.54 Å². The Morgan fingerprint density at radius 3 is 2.75 bits per heavy atom. The highest BCUT2D eigenvalue weighted by atomic mass is 16.1. The standard InChI is InChI=1S/C8H13N3O/c1-10-7-5-9-4-3-6(7)8(12)11(10)2/h9H,3-5H2,1-2H3. The van der Waals surface area contributed by atoms with E-state index in [4.69, 9.17) is 0 Å². The first-order chi connectivity index (χ1) is 5.72. The van der Waals surface area contributed by atoms with Gasteiger partial charge in [-0.05, 0) is 13.0 Å². The molecule has 0 spiro atoms. The van der Waals surface area contributed by atoms with Crippen molar-refractivity contribution in [3.8, 4) is 0 Å². The Kier molecular flexibility index (Phi) is 1.58. The molecule has 4 nitrogen and oxygen atoms in total. The molecule has 12 heavy (non-hydrogen) atoms. The first kappa shape index (κ1) is 7.61. The fourth-order valence-electron chi connectivity index (χ4n) is 1.72. The summed E-state index contributed by atoms with van der Waals surface area (Å²) in [5.41, 5.74) is 2.28. The lowest BCUT2D eigenvalue weighted by molar-refractivity contribution is 0.533. The average molecular weight is 167 g/mol. The minimum Gasteiger partial charge on any atom is -0.311 e. The third-order valence-electron chi connectivity index (χ3n) is 2.59. The fourth-order valence-corrected chi connectivity index (χ4v) is 1.72. The van der Waals surface area contributed by atoms with E-state index in [9.17, 15) is 4.79 Å². The van der Waals surface area contributed by atoms with Gasteiger partial charge in [0.1, 0.15) is 0 Å². The van der Waals surface area contributed by atoms with Gasteiger partial charge in [-0.1, -0.05) is 0 Å². The molecule has 1 N–H and O–H groups in total. The van der Waals surface area contributed by atoms with E-state index in [0.29, 0.717) is 0 Å². The number of nitrogens with one attached hydrogen (secondary N) is 1. The molecule has 4 heteroatoms. The monoisotopic (exact) mass is 167 g/mol. The maximum Gasteiger partial charge on any atom is 0.269 e. The van der Waals surface area contributed by atoms with Crippen LogP contribution >= 0.6 is 0 Å². The number of nitrogens with zero attached hydrogens (tertiary/aromatic N) is 2. The van der Waals surface area contributed by atoms with Crippen molar-refractivity contribution >= 4 is 0 Å². The van der Waals surface area contributed by atoms with Crippen molar-refractivity contribution in [3.05, 3.63) is 21.6 Å². The molecule has 0 unspecified atom stereocenters. The van der Waals surface area contributed by atoms with E-state index in [2.05, 4.69) is 5.32 Å². The van der Waals surface area contributed by atoms with Crippen LogP contribution in [0.1, 0.15) is 11.3 Å². The molecule has 66 valence electrons. The van der Waals surface area contributed by atoms with E-state index in [-0.39, 0.29) is 5.56 Å². The van der Waals surface area contributed by atoms with Gasteiger partial charge in [0.2, 0.25) is 0 Å². The van der Waals surface area contributed by atoms with Crippen molar-refractivity contribution < 1.29 is 0 Å². The van der Waals surface area contributed by atoms with Gasteiger partial charge in [0.05, 0.1) is 5.69 Å². The molecular weight excluding hydrogens is 154 g/mol. The minimum absolute atomic E-state index is 0.161. The lowest BCUT2D eigenvalue weighted by Crippen LogP contribution is -2.26. The molecule has 1 aromatic rings. The second-order valence-electron chi connectivity index (χ2n) is 3.20. The summed E-state index contributed by atoms with van der Waals surface area (Å²) < 4.78 is 3.58. The number of aromatic nitrogens is 2. The molecule has 1 aliphatic heterocycles. The molecule has 0 amide bonds. The summed E-state index contributed by atoms with van der Waals surface area (Å²) >= 11 is 0. The lowest BCUT2D eigenvalue weighted by Gasteiger charge is -2.12. The van der Waals surface area contributed by atoms with Crippen molar-refractivity contribution in [3.63, 3.8) is 0 Å². The van der Waals surface area contributed by atoms with Gasteiger partial charge in [0, 0.05) is 26.2 Å². The first-order valence-electron chi connectivity index (χ1n) is 4.16. The maximum atomic E-state index is 11.5. The summed E-state index contributed by atoms with van der Waals surface area (Å²) in [6.07, 6.45) is 0.864. The highest BCUT2D eigenvalue weighted by Crippen LogP contribution is 2.08. The predicted molar refractivity (Wildman–Crippen MR) is 46.1 cm³/mol. The molecule has 1 aromatic heterocycles. The quantitative estimate of drug-likeness (QED) is 0.558. The van der Waals surface area contributed by atoms with Crippen molar-refractivity contribution in [2.24, 2.45) is 14.1 Å². The second-order valence-corrected chi connectivity index (χ2v) is 3.20. The zero-order valence-electron chi connectivity index (χ0n) is 7.42. The van der Waals surface area contributed by atoms with Gasteiger partial charge < -0.3 is 5.32 Å². The summed E-state index contributed by atoms with van der Waals surface area (Å²) in [5.74, 6) is 0.